The Balaban J connectivity index is 1.69. The first-order valence-electron chi connectivity index (χ1n) is 10.7. The van der Waals surface area contributed by atoms with Crippen LogP contribution in [-0.4, -0.2) is 28.6 Å². The lowest BCUT2D eigenvalue weighted by atomic mass is 10.1. The van der Waals surface area contributed by atoms with Gasteiger partial charge in [-0.1, -0.05) is 6.42 Å². The predicted octanol–water partition coefficient (Wildman–Crippen LogP) is 4.19. The molecule has 0 atom stereocenters. The minimum atomic E-state index is -0.111. The number of anilines is 1. The fourth-order valence-corrected chi connectivity index (χ4v) is 4.04. The van der Waals surface area contributed by atoms with Crippen LogP contribution < -0.4 is 15.2 Å². The van der Waals surface area contributed by atoms with Crippen LogP contribution in [0.2, 0.25) is 0 Å². The molecule has 0 unspecified atom stereocenters. The van der Waals surface area contributed by atoms with E-state index in [0.717, 1.165) is 49.5 Å². The first kappa shape index (κ1) is 20.1. The average molecular weight is 405 g/mol. The van der Waals surface area contributed by atoms with Crippen LogP contribution >= 0.6 is 0 Å². The maximum Gasteiger partial charge on any atom is 0.261 e. The molecular formula is C24H27N3O3. The van der Waals surface area contributed by atoms with Gasteiger partial charge in [-0.2, -0.15) is 0 Å². The van der Waals surface area contributed by atoms with Gasteiger partial charge in [-0.25, -0.2) is 4.98 Å². The Bertz CT molecular complexity index is 1120. The van der Waals surface area contributed by atoms with Crippen molar-refractivity contribution in [3.63, 3.8) is 0 Å². The molecule has 6 heteroatoms. The van der Waals surface area contributed by atoms with Crippen molar-refractivity contribution in [1.82, 2.24) is 9.55 Å². The maximum absolute atomic E-state index is 13.2. The van der Waals surface area contributed by atoms with Gasteiger partial charge >= 0.3 is 0 Å². The van der Waals surface area contributed by atoms with E-state index in [9.17, 15) is 9.59 Å². The molecule has 0 aliphatic carbocycles. The van der Waals surface area contributed by atoms with Crippen LogP contribution in [0, 0.1) is 0 Å². The molecule has 2 aromatic carbocycles. The van der Waals surface area contributed by atoms with Crippen molar-refractivity contribution in [2.45, 2.75) is 46.1 Å². The van der Waals surface area contributed by atoms with Crippen LogP contribution in [0.5, 0.6) is 5.75 Å². The van der Waals surface area contributed by atoms with Crippen molar-refractivity contribution in [1.29, 1.82) is 0 Å². The van der Waals surface area contributed by atoms with Gasteiger partial charge in [0.15, 0.2) is 0 Å². The molecule has 0 spiro atoms. The number of nitrogens with zero attached hydrogens (tertiary/aromatic N) is 3. The lowest BCUT2D eigenvalue weighted by molar-refractivity contribution is 0.0988. The summed E-state index contributed by atoms with van der Waals surface area (Å²) >= 11 is 0. The van der Waals surface area contributed by atoms with E-state index in [-0.39, 0.29) is 11.5 Å². The van der Waals surface area contributed by atoms with Crippen LogP contribution in [0.3, 0.4) is 0 Å². The Morgan fingerprint density at radius 3 is 2.63 bits per heavy atom. The van der Waals surface area contributed by atoms with Gasteiger partial charge in [0.05, 0.1) is 17.5 Å². The molecule has 1 aliphatic rings. The topological polar surface area (TPSA) is 64.4 Å². The highest BCUT2D eigenvalue weighted by Gasteiger charge is 2.19. The molecular weight excluding hydrogens is 378 g/mol. The summed E-state index contributed by atoms with van der Waals surface area (Å²) in [6, 6.07) is 12.7. The van der Waals surface area contributed by atoms with Crippen LogP contribution in [0.25, 0.3) is 10.9 Å². The highest BCUT2D eigenvalue weighted by molar-refractivity contribution is 6.07. The van der Waals surface area contributed by atoms with Gasteiger partial charge in [0.2, 0.25) is 0 Å². The fraction of sp³-hybridized carbons (Fsp3) is 0.375. The number of amides is 1. The summed E-state index contributed by atoms with van der Waals surface area (Å²) in [6.45, 7) is 5.74. The number of aromatic nitrogens is 2. The number of ether oxygens (including phenoxy) is 1. The lowest BCUT2D eigenvalue weighted by Gasteiger charge is -2.21. The summed E-state index contributed by atoms with van der Waals surface area (Å²) in [4.78, 5) is 32.6. The fourth-order valence-electron chi connectivity index (χ4n) is 4.04. The van der Waals surface area contributed by atoms with Crippen LogP contribution in [0.1, 0.15) is 49.3 Å². The zero-order valence-electron chi connectivity index (χ0n) is 17.6. The van der Waals surface area contributed by atoms with E-state index in [1.54, 1.807) is 27.7 Å². The van der Waals surface area contributed by atoms with Gasteiger partial charge in [0.25, 0.3) is 11.5 Å². The second-order valence-corrected chi connectivity index (χ2v) is 7.50. The molecule has 0 bridgehead atoms. The molecule has 156 valence electrons. The zero-order chi connectivity index (χ0) is 21.1. The molecule has 0 saturated heterocycles. The van der Waals surface area contributed by atoms with Crippen LogP contribution in [-0.2, 0) is 13.0 Å². The van der Waals surface area contributed by atoms with E-state index >= 15 is 0 Å². The van der Waals surface area contributed by atoms with Crippen molar-refractivity contribution < 1.29 is 9.53 Å². The molecule has 4 rings (SSSR count). The van der Waals surface area contributed by atoms with E-state index in [2.05, 4.69) is 0 Å². The molecule has 0 fully saturated rings. The summed E-state index contributed by atoms with van der Waals surface area (Å²) in [5.41, 5.74) is 1.93. The van der Waals surface area contributed by atoms with Crippen LogP contribution in [0.4, 0.5) is 5.69 Å². The summed E-state index contributed by atoms with van der Waals surface area (Å²) < 4.78 is 7.29. The third-order valence-corrected chi connectivity index (χ3v) is 5.58. The molecule has 3 aromatic rings. The van der Waals surface area contributed by atoms with Crippen molar-refractivity contribution >= 4 is 22.5 Å². The minimum Gasteiger partial charge on any atom is -0.494 e. The second kappa shape index (κ2) is 8.69. The third-order valence-electron chi connectivity index (χ3n) is 5.58. The largest absolute Gasteiger partial charge is 0.494 e. The van der Waals surface area contributed by atoms with Crippen molar-refractivity contribution in [2.24, 2.45) is 0 Å². The number of benzene rings is 2. The SMILES string of the molecule is CCOc1ccc(N(CC)C(=O)c2ccc3c(=O)n4c(nc3c2)CCCCC4)cc1. The Labute approximate surface area is 176 Å². The Kier molecular flexibility index (Phi) is 5.84. The molecule has 30 heavy (non-hydrogen) atoms. The molecule has 0 radical (unpaired) electrons. The standard InChI is InChI=1S/C24H27N3O3/c1-3-26(18-10-12-19(13-11-18)30-4-2)23(28)17-9-14-20-21(16-17)25-22-8-6-5-7-15-27(22)24(20)29/h9-14,16H,3-8,15H2,1-2H3. The maximum atomic E-state index is 13.2. The van der Waals surface area contributed by atoms with Gasteiger partial charge in [-0.3, -0.25) is 14.2 Å². The molecule has 6 nitrogen and oxygen atoms in total. The highest BCUT2D eigenvalue weighted by Crippen LogP contribution is 2.23. The number of hydrogen-bond donors (Lipinski definition) is 0. The molecule has 1 aromatic heterocycles. The number of carbonyl (C=O) groups excluding carboxylic acids is 1. The predicted molar refractivity (Wildman–Crippen MR) is 119 cm³/mol. The van der Waals surface area contributed by atoms with E-state index < -0.39 is 0 Å². The number of rotatable bonds is 5. The highest BCUT2D eigenvalue weighted by atomic mass is 16.5. The number of carbonyl (C=O) groups is 1. The molecule has 2 heterocycles. The smallest absolute Gasteiger partial charge is 0.261 e. The lowest BCUT2D eigenvalue weighted by Crippen LogP contribution is -2.31. The molecule has 0 N–H and O–H groups in total. The normalized spacial score (nSPS) is 13.5. The van der Waals surface area contributed by atoms with Crippen molar-refractivity contribution in [2.75, 3.05) is 18.1 Å². The van der Waals surface area contributed by atoms with Gasteiger partial charge in [-0.05, 0) is 69.2 Å². The Morgan fingerprint density at radius 2 is 1.90 bits per heavy atom. The van der Waals surface area contributed by atoms with Crippen LogP contribution in [0.15, 0.2) is 47.3 Å². The number of fused-ring (bicyclic) bond motifs is 2. The third kappa shape index (κ3) is 3.82. The summed E-state index contributed by atoms with van der Waals surface area (Å²) in [5.74, 6) is 1.50. The Hall–Kier alpha value is -3.15. The van der Waals surface area contributed by atoms with E-state index in [0.29, 0.717) is 29.6 Å². The molecule has 0 saturated carbocycles. The van der Waals surface area contributed by atoms with Gasteiger partial charge in [0, 0.05) is 30.8 Å². The Morgan fingerprint density at radius 1 is 1.10 bits per heavy atom. The monoisotopic (exact) mass is 405 g/mol. The number of hydrogen-bond acceptors (Lipinski definition) is 4. The van der Waals surface area contributed by atoms with E-state index in [1.807, 2.05) is 38.1 Å². The van der Waals surface area contributed by atoms with Gasteiger partial charge in [-0.15, -0.1) is 0 Å². The van der Waals surface area contributed by atoms with Gasteiger partial charge < -0.3 is 9.64 Å². The minimum absolute atomic E-state index is 0.00485. The first-order valence-corrected chi connectivity index (χ1v) is 10.7. The second-order valence-electron chi connectivity index (χ2n) is 7.50. The van der Waals surface area contributed by atoms with Gasteiger partial charge in [0.1, 0.15) is 11.6 Å². The van der Waals surface area contributed by atoms with Crippen molar-refractivity contribution in [3.8, 4) is 5.75 Å². The summed E-state index contributed by atoms with van der Waals surface area (Å²) in [6.07, 6.45) is 3.95. The van der Waals surface area contributed by atoms with E-state index in [1.165, 1.54) is 0 Å². The molecule has 1 amide bonds. The van der Waals surface area contributed by atoms with E-state index in [4.69, 9.17) is 9.72 Å². The quantitative estimate of drug-likeness (QED) is 0.639. The number of aryl methyl sites for hydroxylation is 1. The summed E-state index contributed by atoms with van der Waals surface area (Å²) in [5, 5.41) is 0.571. The summed E-state index contributed by atoms with van der Waals surface area (Å²) in [7, 11) is 0. The van der Waals surface area contributed by atoms with Crippen molar-refractivity contribution in [3.05, 3.63) is 64.2 Å². The average Bonchev–Trinajstić information content (AvgIpc) is 3.01. The first-order chi connectivity index (χ1) is 14.6. The zero-order valence-corrected chi connectivity index (χ0v) is 17.6. The molecule has 1 aliphatic heterocycles.